The van der Waals surface area contributed by atoms with Crippen LogP contribution in [0.1, 0.15) is 49.5 Å². The largest absolute Gasteiger partial charge is 0.325 e. The third kappa shape index (κ3) is 3.46. The van der Waals surface area contributed by atoms with Gasteiger partial charge in [-0.05, 0) is 18.9 Å². The lowest BCUT2D eigenvalue weighted by atomic mass is 9.96. The topological polar surface area (TPSA) is 35.6 Å². The molecular formula is C15H21ClN4S. The summed E-state index contributed by atoms with van der Waals surface area (Å²) in [5.41, 5.74) is 2.17. The van der Waals surface area contributed by atoms with Gasteiger partial charge in [-0.25, -0.2) is 4.98 Å². The lowest BCUT2D eigenvalue weighted by Gasteiger charge is -2.21. The normalized spacial score (nSPS) is 16.5. The standard InChI is InChI=1S/C15H21ClN4S/c1-19-14(9-16)10-17-15(19)21-11-12-7-8-20(18-12)13-5-3-2-4-6-13/h7-8,10,13H,2-6,9,11H2,1H3. The SMILES string of the molecule is Cn1c(CCl)cnc1SCc1ccn(C2CCCCC2)n1. The second-order valence-corrected chi connectivity index (χ2v) is 6.80. The number of halogens is 1. The van der Waals surface area contributed by atoms with Crippen LogP contribution in [0, 0.1) is 0 Å². The van der Waals surface area contributed by atoms with Crippen molar-refractivity contribution in [2.45, 2.75) is 54.9 Å². The first-order chi connectivity index (χ1) is 10.3. The summed E-state index contributed by atoms with van der Waals surface area (Å²) in [4.78, 5) is 4.41. The van der Waals surface area contributed by atoms with Crippen molar-refractivity contribution >= 4 is 23.4 Å². The van der Waals surface area contributed by atoms with E-state index in [0.717, 1.165) is 22.3 Å². The van der Waals surface area contributed by atoms with E-state index >= 15 is 0 Å². The molecule has 0 amide bonds. The molecule has 1 aliphatic carbocycles. The van der Waals surface area contributed by atoms with E-state index in [1.54, 1.807) is 11.8 Å². The van der Waals surface area contributed by atoms with Crippen molar-refractivity contribution in [3.63, 3.8) is 0 Å². The van der Waals surface area contributed by atoms with E-state index in [1.165, 1.54) is 32.1 Å². The van der Waals surface area contributed by atoms with Crippen LogP contribution < -0.4 is 0 Å². The molecule has 0 aliphatic heterocycles. The van der Waals surface area contributed by atoms with Gasteiger partial charge < -0.3 is 4.57 Å². The van der Waals surface area contributed by atoms with Crippen LogP contribution in [0.2, 0.25) is 0 Å². The molecule has 21 heavy (non-hydrogen) atoms. The van der Waals surface area contributed by atoms with Crippen LogP contribution in [-0.4, -0.2) is 19.3 Å². The van der Waals surface area contributed by atoms with Crippen LogP contribution >= 0.6 is 23.4 Å². The first kappa shape index (κ1) is 15.0. The Bertz CT molecular complexity index is 586. The van der Waals surface area contributed by atoms with E-state index in [0.29, 0.717) is 11.9 Å². The number of alkyl halides is 1. The van der Waals surface area contributed by atoms with Crippen molar-refractivity contribution in [1.82, 2.24) is 19.3 Å². The smallest absolute Gasteiger partial charge is 0.168 e. The van der Waals surface area contributed by atoms with Crippen molar-refractivity contribution in [2.24, 2.45) is 7.05 Å². The van der Waals surface area contributed by atoms with Crippen LogP contribution in [0.5, 0.6) is 0 Å². The Balaban J connectivity index is 1.60. The van der Waals surface area contributed by atoms with Gasteiger partial charge in [0.05, 0.1) is 29.5 Å². The summed E-state index contributed by atoms with van der Waals surface area (Å²) in [6.45, 7) is 0. The minimum absolute atomic E-state index is 0.500. The fourth-order valence-electron chi connectivity index (χ4n) is 2.83. The molecule has 0 spiro atoms. The Morgan fingerprint density at radius 3 is 2.86 bits per heavy atom. The van der Waals surface area contributed by atoms with Gasteiger partial charge in [-0.15, -0.1) is 11.6 Å². The van der Waals surface area contributed by atoms with Crippen molar-refractivity contribution in [1.29, 1.82) is 0 Å². The summed E-state index contributed by atoms with van der Waals surface area (Å²) in [6.07, 6.45) is 10.6. The van der Waals surface area contributed by atoms with Gasteiger partial charge in [0, 0.05) is 19.0 Å². The summed E-state index contributed by atoms with van der Waals surface area (Å²) in [7, 11) is 2.01. The highest BCUT2D eigenvalue weighted by atomic mass is 35.5. The number of hydrogen-bond donors (Lipinski definition) is 0. The lowest BCUT2D eigenvalue weighted by Crippen LogP contribution is -2.13. The molecule has 3 rings (SSSR count). The summed E-state index contributed by atoms with van der Waals surface area (Å²) >= 11 is 7.58. The van der Waals surface area contributed by atoms with Crippen LogP contribution in [0.4, 0.5) is 0 Å². The van der Waals surface area contributed by atoms with E-state index in [-0.39, 0.29) is 0 Å². The second-order valence-electron chi connectivity index (χ2n) is 5.59. The number of thioether (sulfide) groups is 1. The highest BCUT2D eigenvalue weighted by Gasteiger charge is 2.16. The first-order valence-electron chi connectivity index (χ1n) is 7.51. The monoisotopic (exact) mass is 324 g/mol. The molecule has 2 heterocycles. The van der Waals surface area contributed by atoms with E-state index in [1.807, 2.05) is 13.2 Å². The molecule has 0 radical (unpaired) electrons. The van der Waals surface area contributed by atoms with Crippen LogP contribution in [0.15, 0.2) is 23.6 Å². The summed E-state index contributed by atoms with van der Waals surface area (Å²) in [5.74, 6) is 1.35. The maximum absolute atomic E-state index is 5.87. The number of aromatic nitrogens is 4. The maximum atomic E-state index is 5.87. The Morgan fingerprint density at radius 1 is 1.33 bits per heavy atom. The number of imidazole rings is 1. The van der Waals surface area contributed by atoms with Gasteiger partial charge in [0.15, 0.2) is 5.16 Å². The highest BCUT2D eigenvalue weighted by Crippen LogP contribution is 2.28. The quantitative estimate of drug-likeness (QED) is 0.612. The Labute approximate surface area is 134 Å². The van der Waals surface area contributed by atoms with Gasteiger partial charge in [-0.3, -0.25) is 4.68 Å². The molecule has 0 saturated heterocycles. The third-order valence-corrected chi connectivity index (χ3v) is 5.49. The Morgan fingerprint density at radius 2 is 2.14 bits per heavy atom. The molecule has 1 fully saturated rings. The average Bonchev–Trinajstić information content (AvgIpc) is 3.13. The number of nitrogens with zero attached hydrogens (tertiary/aromatic N) is 4. The van der Waals surface area contributed by atoms with Gasteiger partial charge in [0.1, 0.15) is 0 Å². The first-order valence-corrected chi connectivity index (χ1v) is 9.03. The number of hydrogen-bond acceptors (Lipinski definition) is 3. The van der Waals surface area contributed by atoms with E-state index in [4.69, 9.17) is 16.7 Å². The molecule has 6 heteroatoms. The molecule has 1 aliphatic rings. The molecule has 0 N–H and O–H groups in total. The fraction of sp³-hybridized carbons (Fsp3) is 0.600. The van der Waals surface area contributed by atoms with Gasteiger partial charge in [0.2, 0.25) is 0 Å². The molecule has 0 bridgehead atoms. The molecular weight excluding hydrogens is 304 g/mol. The molecule has 0 unspecified atom stereocenters. The minimum atomic E-state index is 0.500. The summed E-state index contributed by atoms with van der Waals surface area (Å²) < 4.78 is 4.22. The molecule has 0 atom stereocenters. The van der Waals surface area contributed by atoms with Gasteiger partial charge in [0.25, 0.3) is 0 Å². The van der Waals surface area contributed by atoms with Crippen LogP contribution in [-0.2, 0) is 18.7 Å². The molecule has 0 aromatic carbocycles. The molecule has 1 saturated carbocycles. The zero-order valence-corrected chi connectivity index (χ0v) is 13.9. The molecule has 114 valence electrons. The minimum Gasteiger partial charge on any atom is -0.325 e. The van der Waals surface area contributed by atoms with Crippen molar-refractivity contribution in [3.05, 3.63) is 29.8 Å². The van der Waals surface area contributed by atoms with E-state index < -0.39 is 0 Å². The van der Waals surface area contributed by atoms with Crippen molar-refractivity contribution < 1.29 is 0 Å². The summed E-state index contributed by atoms with van der Waals surface area (Å²) in [6, 6.07) is 2.74. The van der Waals surface area contributed by atoms with Crippen LogP contribution in [0.3, 0.4) is 0 Å². The summed E-state index contributed by atoms with van der Waals surface area (Å²) in [5, 5.41) is 5.74. The van der Waals surface area contributed by atoms with Crippen LogP contribution in [0.25, 0.3) is 0 Å². The van der Waals surface area contributed by atoms with E-state index in [2.05, 4.69) is 26.5 Å². The Kier molecular flexibility index (Phi) is 4.91. The van der Waals surface area contributed by atoms with E-state index in [9.17, 15) is 0 Å². The van der Waals surface area contributed by atoms with Gasteiger partial charge in [-0.2, -0.15) is 5.10 Å². The number of rotatable bonds is 5. The van der Waals surface area contributed by atoms with Crippen molar-refractivity contribution in [2.75, 3.05) is 0 Å². The molecule has 4 nitrogen and oxygen atoms in total. The lowest BCUT2D eigenvalue weighted by molar-refractivity contribution is 0.328. The fourth-order valence-corrected chi connectivity index (χ4v) is 3.94. The maximum Gasteiger partial charge on any atom is 0.168 e. The van der Waals surface area contributed by atoms with Gasteiger partial charge in [-0.1, -0.05) is 31.0 Å². The average molecular weight is 325 g/mol. The zero-order chi connectivity index (χ0) is 14.7. The highest BCUT2D eigenvalue weighted by molar-refractivity contribution is 7.98. The second kappa shape index (κ2) is 6.88. The third-order valence-electron chi connectivity index (χ3n) is 4.14. The predicted molar refractivity (Wildman–Crippen MR) is 86.7 cm³/mol. The van der Waals surface area contributed by atoms with Gasteiger partial charge >= 0.3 is 0 Å². The predicted octanol–water partition coefficient (Wildman–Crippen LogP) is 4.15. The Hall–Kier alpha value is -0.940. The molecule has 2 aromatic heterocycles. The molecule has 2 aromatic rings. The zero-order valence-electron chi connectivity index (χ0n) is 12.3. The van der Waals surface area contributed by atoms with Crippen molar-refractivity contribution in [3.8, 4) is 0 Å².